The van der Waals surface area contributed by atoms with E-state index >= 15 is 0 Å². The monoisotopic (exact) mass is 420 g/mol. The molecule has 0 bridgehead atoms. The number of rotatable bonds is 6. The molecule has 2 fully saturated rings. The zero-order valence-corrected chi connectivity index (χ0v) is 17.3. The van der Waals surface area contributed by atoms with Crippen LogP contribution in [0.2, 0.25) is 0 Å². The lowest BCUT2D eigenvalue weighted by molar-refractivity contribution is -0.133. The van der Waals surface area contributed by atoms with Crippen LogP contribution in [-0.2, 0) is 14.4 Å². The third kappa shape index (κ3) is 3.88. The molecule has 1 saturated heterocycles. The highest BCUT2D eigenvalue weighted by Gasteiger charge is 2.59. The molecule has 1 heterocycles. The van der Waals surface area contributed by atoms with Crippen molar-refractivity contribution in [3.05, 3.63) is 54.1 Å². The van der Waals surface area contributed by atoms with Gasteiger partial charge in [0.15, 0.2) is 0 Å². The average Bonchev–Trinajstić information content (AvgIpc) is 3.42. The van der Waals surface area contributed by atoms with Gasteiger partial charge < -0.3 is 16.4 Å². The van der Waals surface area contributed by atoms with E-state index in [-0.39, 0.29) is 17.7 Å². The number of hydrogen-bond donors (Lipinski definition) is 4. The summed E-state index contributed by atoms with van der Waals surface area (Å²) in [6, 6.07) is 15.0. The highest BCUT2D eigenvalue weighted by atomic mass is 16.2. The predicted molar refractivity (Wildman–Crippen MR) is 115 cm³/mol. The number of carbonyl (C=O) groups excluding carboxylic acids is 4. The van der Waals surface area contributed by atoms with Crippen molar-refractivity contribution in [2.24, 2.45) is 17.6 Å². The molecule has 8 heteroatoms. The molecule has 1 aliphatic carbocycles. The van der Waals surface area contributed by atoms with E-state index in [0.717, 1.165) is 28.8 Å². The average molecular weight is 420 g/mol. The minimum absolute atomic E-state index is 0.0934. The molecule has 0 radical (unpaired) electrons. The summed E-state index contributed by atoms with van der Waals surface area (Å²) in [4.78, 5) is 47.3. The predicted octanol–water partition coefficient (Wildman–Crippen LogP) is 2.12. The Morgan fingerprint density at radius 3 is 2.13 bits per heavy atom. The summed E-state index contributed by atoms with van der Waals surface area (Å²) in [6.45, 7) is 3.01. The van der Waals surface area contributed by atoms with Crippen LogP contribution >= 0.6 is 0 Å². The van der Waals surface area contributed by atoms with Crippen molar-refractivity contribution in [3.8, 4) is 11.1 Å². The number of imide groups is 1. The van der Waals surface area contributed by atoms with E-state index in [1.165, 1.54) is 6.92 Å². The van der Waals surface area contributed by atoms with Gasteiger partial charge in [-0.2, -0.15) is 0 Å². The molecule has 2 aromatic carbocycles. The SMILES string of the molecule is CC(=O)Nc1ccc(-c2ccc([C@@H]3C[C@@H]3C(C(N)=O)C3(C)NC(=O)NC3=O)cc2)cc1. The normalized spacial score (nSPS) is 25.4. The van der Waals surface area contributed by atoms with Crippen molar-refractivity contribution < 1.29 is 19.2 Å². The number of primary amides is 1. The lowest BCUT2D eigenvalue weighted by atomic mass is 9.80. The van der Waals surface area contributed by atoms with Crippen LogP contribution in [-0.4, -0.2) is 29.3 Å². The molecule has 2 aromatic rings. The molecule has 0 aromatic heterocycles. The standard InChI is InChI=1S/C23H24N4O4/c1-12(28)25-16-9-7-14(8-10-16)13-3-5-15(6-4-13)17-11-18(17)19(20(24)29)23(2)21(30)26-22(31)27-23/h3-10,17-19H,11H2,1-2H3,(H2,24,29)(H,25,28)(H2,26,27,30,31)/t17-,18-,19?,23?/m0/s1. The highest BCUT2D eigenvalue weighted by Crippen LogP contribution is 2.54. The second-order valence-corrected chi connectivity index (χ2v) is 8.38. The van der Waals surface area contributed by atoms with Crippen molar-refractivity contribution >= 4 is 29.4 Å². The van der Waals surface area contributed by atoms with Gasteiger partial charge in [0.2, 0.25) is 11.8 Å². The fourth-order valence-corrected chi connectivity index (χ4v) is 4.54. The second-order valence-electron chi connectivity index (χ2n) is 8.38. The van der Waals surface area contributed by atoms with Gasteiger partial charge in [0, 0.05) is 12.6 Å². The molecule has 4 atom stereocenters. The van der Waals surface area contributed by atoms with Crippen molar-refractivity contribution in [2.75, 3.05) is 5.32 Å². The summed E-state index contributed by atoms with van der Waals surface area (Å²) in [5, 5.41) is 7.52. The van der Waals surface area contributed by atoms with E-state index in [1.807, 2.05) is 48.5 Å². The van der Waals surface area contributed by atoms with Crippen molar-refractivity contribution in [3.63, 3.8) is 0 Å². The Balaban J connectivity index is 1.49. The summed E-state index contributed by atoms with van der Waals surface area (Å²) < 4.78 is 0. The molecular weight excluding hydrogens is 396 g/mol. The molecule has 4 rings (SSSR count). The maximum absolute atomic E-state index is 12.3. The van der Waals surface area contributed by atoms with Crippen LogP contribution in [0.4, 0.5) is 10.5 Å². The Hall–Kier alpha value is -3.68. The first-order chi connectivity index (χ1) is 14.7. The first-order valence-corrected chi connectivity index (χ1v) is 10.1. The molecule has 5 amide bonds. The van der Waals surface area contributed by atoms with Gasteiger partial charge >= 0.3 is 6.03 Å². The summed E-state index contributed by atoms with van der Waals surface area (Å²) in [5.74, 6) is -2.04. The Bertz CT molecular complexity index is 1060. The quantitative estimate of drug-likeness (QED) is 0.533. The molecule has 1 saturated carbocycles. The van der Waals surface area contributed by atoms with Gasteiger partial charge in [-0.1, -0.05) is 36.4 Å². The fourth-order valence-electron chi connectivity index (χ4n) is 4.54. The number of hydrogen-bond acceptors (Lipinski definition) is 4. The summed E-state index contributed by atoms with van der Waals surface area (Å²) >= 11 is 0. The van der Waals surface area contributed by atoms with Crippen LogP contribution in [0.25, 0.3) is 11.1 Å². The Labute approximate surface area is 179 Å². The minimum Gasteiger partial charge on any atom is -0.369 e. The summed E-state index contributed by atoms with van der Waals surface area (Å²) in [5.41, 5.74) is 8.14. The molecule has 2 aliphatic rings. The number of nitrogens with one attached hydrogen (secondary N) is 3. The highest BCUT2D eigenvalue weighted by molar-refractivity contribution is 6.09. The Morgan fingerprint density at radius 1 is 1.06 bits per heavy atom. The van der Waals surface area contributed by atoms with Gasteiger partial charge in [0.1, 0.15) is 5.54 Å². The zero-order valence-electron chi connectivity index (χ0n) is 17.3. The van der Waals surface area contributed by atoms with Gasteiger partial charge in [0.05, 0.1) is 5.92 Å². The van der Waals surface area contributed by atoms with E-state index in [9.17, 15) is 19.2 Å². The number of urea groups is 1. The van der Waals surface area contributed by atoms with Crippen LogP contribution in [0, 0.1) is 11.8 Å². The lowest BCUT2D eigenvalue weighted by Gasteiger charge is -2.29. The number of anilines is 1. The lowest BCUT2D eigenvalue weighted by Crippen LogP contribution is -2.56. The van der Waals surface area contributed by atoms with Crippen molar-refractivity contribution in [1.82, 2.24) is 10.6 Å². The number of amides is 5. The van der Waals surface area contributed by atoms with E-state index < -0.39 is 29.3 Å². The largest absolute Gasteiger partial charge is 0.369 e. The van der Waals surface area contributed by atoms with Crippen molar-refractivity contribution in [2.45, 2.75) is 31.7 Å². The van der Waals surface area contributed by atoms with E-state index in [4.69, 9.17) is 5.73 Å². The smallest absolute Gasteiger partial charge is 0.322 e. The molecule has 2 unspecified atom stereocenters. The molecule has 1 aliphatic heterocycles. The first-order valence-electron chi connectivity index (χ1n) is 10.1. The van der Waals surface area contributed by atoms with E-state index in [1.54, 1.807) is 6.92 Å². The zero-order chi connectivity index (χ0) is 22.3. The Kier molecular flexibility index (Phi) is 5.00. The first kappa shape index (κ1) is 20.6. The third-order valence-corrected chi connectivity index (χ3v) is 6.15. The van der Waals surface area contributed by atoms with Crippen LogP contribution < -0.4 is 21.7 Å². The maximum atomic E-state index is 12.3. The van der Waals surface area contributed by atoms with E-state index in [0.29, 0.717) is 0 Å². The van der Waals surface area contributed by atoms with Crippen LogP contribution in [0.3, 0.4) is 0 Å². The third-order valence-electron chi connectivity index (χ3n) is 6.15. The van der Waals surface area contributed by atoms with Gasteiger partial charge in [0.25, 0.3) is 5.91 Å². The Morgan fingerprint density at radius 2 is 1.65 bits per heavy atom. The molecule has 160 valence electrons. The minimum atomic E-state index is -1.34. The van der Waals surface area contributed by atoms with Crippen LogP contribution in [0.15, 0.2) is 48.5 Å². The fraction of sp³-hybridized carbons (Fsp3) is 0.304. The molecule has 5 N–H and O–H groups in total. The number of carbonyl (C=O) groups is 4. The summed E-state index contributed by atoms with van der Waals surface area (Å²) in [7, 11) is 0. The van der Waals surface area contributed by atoms with Gasteiger partial charge in [-0.25, -0.2) is 4.79 Å². The summed E-state index contributed by atoms with van der Waals surface area (Å²) in [6.07, 6.45) is 0.719. The van der Waals surface area contributed by atoms with Crippen LogP contribution in [0.1, 0.15) is 31.7 Å². The molecule has 0 spiro atoms. The van der Waals surface area contributed by atoms with Crippen LogP contribution in [0.5, 0.6) is 0 Å². The molecule has 31 heavy (non-hydrogen) atoms. The van der Waals surface area contributed by atoms with Gasteiger partial charge in [-0.05, 0) is 54.0 Å². The molecule has 8 nitrogen and oxygen atoms in total. The number of benzene rings is 2. The maximum Gasteiger partial charge on any atom is 0.322 e. The second kappa shape index (κ2) is 7.54. The molecular formula is C23H24N4O4. The number of nitrogens with two attached hydrogens (primary N) is 1. The topological polar surface area (TPSA) is 130 Å². The van der Waals surface area contributed by atoms with E-state index in [2.05, 4.69) is 16.0 Å². The van der Waals surface area contributed by atoms with Gasteiger partial charge in [-0.15, -0.1) is 0 Å². The van der Waals surface area contributed by atoms with Crippen molar-refractivity contribution in [1.29, 1.82) is 0 Å². The van der Waals surface area contributed by atoms with Gasteiger partial charge in [-0.3, -0.25) is 19.7 Å².